The number of aromatic nitrogens is 3. The van der Waals surface area contributed by atoms with Gasteiger partial charge in [-0.05, 0) is 31.0 Å². The molecule has 0 spiro atoms. The van der Waals surface area contributed by atoms with Crippen molar-refractivity contribution in [1.82, 2.24) is 15.0 Å². The Morgan fingerprint density at radius 1 is 1.03 bits per heavy atom. The number of carbonyl (C=O) groups excluding carboxylic acids is 1. The Hall–Kier alpha value is -3.68. The molecule has 4 aromatic rings. The van der Waals surface area contributed by atoms with E-state index in [4.69, 9.17) is 9.15 Å². The van der Waals surface area contributed by atoms with Crippen molar-refractivity contribution in [1.29, 1.82) is 0 Å². The summed E-state index contributed by atoms with van der Waals surface area (Å²) in [6, 6.07) is 7.52. The minimum absolute atomic E-state index is 0.0401. The number of nitrogens with zero attached hydrogens (tertiary/aromatic N) is 3. The SMILES string of the molecule is CNc1ncc2c3cc(ncc13)NC(=O)CCCCCCOc1ccc3oc-2nc3c1. The highest BCUT2D eigenvalue weighted by atomic mass is 16.5. The molecule has 1 aliphatic rings. The Morgan fingerprint density at radius 3 is 2.84 bits per heavy atom. The van der Waals surface area contributed by atoms with E-state index < -0.39 is 0 Å². The molecule has 31 heavy (non-hydrogen) atoms. The van der Waals surface area contributed by atoms with E-state index in [0.717, 1.165) is 53.3 Å². The molecule has 2 N–H and O–H groups in total. The number of benzene rings is 1. The first-order valence-electron chi connectivity index (χ1n) is 10.5. The molecule has 0 atom stereocenters. The Bertz CT molecular complexity index is 1270. The molecular weight excluding hydrogens is 394 g/mol. The summed E-state index contributed by atoms with van der Waals surface area (Å²) >= 11 is 0. The van der Waals surface area contributed by atoms with Crippen molar-refractivity contribution in [3.05, 3.63) is 36.7 Å². The molecule has 5 rings (SSSR count). The molecule has 0 unspecified atom stereocenters. The summed E-state index contributed by atoms with van der Waals surface area (Å²) in [4.78, 5) is 26.0. The number of nitrogens with one attached hydrogen (secondary N) is 2. The largest absolute Gasteiger partial charge is 0.494 e. The lowest BCUT2D eigenvalue weighted by Gasteiger charge is -2.10. The molecule has 1 aliphatic heterocycles. The summed E-state index contributed by atoms with van der Waals surface area (Å²) < 4.78 is 11.9. The van der Waals surface area contributed by atoms with Gasteiger partial charge in [0.1, 0.15) is 22.9 Å². The van der Waals surface area contributed by atoms with Gasteiger partial charge < -0.3 is 19.8 Å². The van der Waals surface area contributed by atoms with Crippen molar-refractivity contribution in [2.45, 2.75) is 32.1 Å². The number of oxazole rings is 1. The Balaban J connectivity index is 1.66. The van der Waals surface area contributed by atoms with Gasteiger partial charge in [0, 0.05) is 42.7 Å². The van der Waals surface area contributed by atoms with Crippen molar-refractivity contribution in [3.8, 4) is 17.2 Å². The zero-order chi connectivity index (χ0) is 21.2. The molecule has 0 aliphatic carbocycles. The van der Waals surface area contributed by atoms with Gasteiger partial charge >= 0.3 is 0 Å². The molecule has 0 radical (unpaired) electrons. The van der Waals surface area contributed by atoms with Crippen LogP contribution in [0.5, 0.6) is 5.75 Å². The summed E-state index contributed by atoms with van der Waals surface area (Å²) in [5.41, 5.74) is 2.13. The van der Waals surface area contributed by atoms with E-state index >= 15 is 0 Å². The number of anilines is 2. The van der Waals surface area contributed by atoms with Gasteiger partial charge in [-0.15, -0.1) is 0 Å². The number of pyridine rings is 2. The van der Waals surface area contributed by atoms with Crippen LogP contribution < -0.4 is 15.4 Å². The van der Waals surface area contributed by atoms with Gasteiger partial charge in [0.2, 0.25) is 11.8 Å². The summed E-state index contributed by atoms with van der Waals surface area (Å²) in [5, 5.41) is 7.66. The van der Waals surface area contributed by atoms with E-state index in [9.17, 15) is 4.79 Å². The van der Waals surface area contributed by atoms with E-state index in [2.05, 4.69) is 25.6 Å². The van der Waals surface area contributed by atoms with Crippen molar-refractivity contribution in [3.63, 3.8) is 0 Å². The first kappa shape index (κ1) is 19.3. The smallest absolute Gasteiger partial charge is 0.229 e. The number of hydrogen-bond donors (Lipinski definition) is 2. The van der Waals surface area contributed by atoms with Crippen molar-refractivity contribution in [2.24, 2.45) is 0 Å². The molecular formula is C23H23N5O3. The third kappa shape index (κ3) is 3.88. The lowest BCUT2D eigenvalue weighted by Crippen LogP contribution is -2.12. The second-order valence-electron chi connectivity index (χ2n) is 7.60. The standard InChI is InChI=1S/C23H23N5O3/c1-24-22-16-12-25-20-11-15(16)17(13-26-22)23-27-18-10-14(7-8-19(18)31-23)30-9-5-3-2-4-6-21(29)28-20/h7-8,10-13H,2-6,9H2,1H3,(H,24,26)(H,25,28,29). The first-order chi connectivity index (χ1) is 15.2. The summed E-state index contributed by atoms with van der Waals surface area (Å²) in [6.07, 6.45) is 7.67. The molecule has 0 saturated heterocycles. The van der Waals surface area contributed by atoms with E-state index in [0.29, 0.717) is 36.1 Å². The normalized spacial score (nSPS) is 15.1. The number of carbonyl (C=O) groups is 1. The maximum absolute atomic E-state index is 12.4. The highest BCUT2D eigenvalue weighted by molar-refractivity contribution is 6.03. The van der Waals surface area contributed by atoms with Crippen LogP contribution in [0.4, 0.5) is 11.6 Å². The zero-order valence-corrected chi connectivity index (χ0v) is 17.3. The highest BCUT2D eigenvalue weighted by Gasteiger charge is 2.16. The lowest BCUT2D eigenvalue weighted by molar-refractivity contribution is -0.116. The molecule has 8 nitrogen and oxygen atoms in total. The number of fused-ring (bicyclic) bond motifs is 4. The Labute approximate surface area is 179 Å². The topological polar surface area (TPSA) is 102 Å². The number of amides is 1. The predicted molar refractivity (Wildman–Crippen MR) is 119 cm³/mol. The maximum atomic E-state index is 12.4. The van der Waals surface area contributed by atoms with Gasteiger partial charge in [-0.1, -0.05) is 12.8 Å². The Morgan fingerprint density at radius 2 is 1.94 bits per heavy atom. The second kappa shape index (κ2) is 8.22. The molecule has 1 aromatic carbocycles. The highest BCUT2D eigenvalue weighted by Crippen LogP contribution is 2.34. The zero-order valence-electron chi connectivity index (χ0n) is 17.3. The molecule has 4 heterocycles. The van der Waals surface area contributed by atoms with Crippen LogP contribution in [-0.2, 0) is 4.79 Å². The third-order valence-corrected chi connectivity index (χ3v) is 5.43. The monoisotopic (exact) mass is 417 g/mol. The van der Waals surface area contributed by atoms with Gasteiger partial charge in [-0.25, -0.2) is 15.0 Å². The fourth-order valence-corrected chi connectivity index (χ4v) is 3.82. The van der Waals surface area contributed by atoms with Gasteiger partial charge in [-0.3, -0.25) is 4.79 Å². The van der Waals surface area contributed by atoms with E-state index in [1.165, 1.54) is 0 Å². The predicted octanol–water partition coefficient (Wildman–Crippen LogP) is 4.76. The molecule has 8 heteroatoms. The summed E-state index contributed by atoms with van der Waals surface area (Å²) in [6.45, 7) is 0.632. The van der Waals surface area contributed by atoms with Crippen LogP contribution in [0.2, 0.25) is 0 Å². The van der Waals surface area contributed by atoms with E-state index in [-0.39, 0.29) is 5.91 Å². The summed E-state index contributed by atoms with van der Waals surface area (Å²) in [7, 11) is 1.81. The second-order valence-corrected chi connectivity index (χ2v) is 7.60. The van der Waals surface area contributed by atoms with Crippen LogP contribution in [0.3, 0.4) is 0 Å². The van der Waals surface area contributed by atoms with E-state index in [1.807, 2.05) is 31.3 Å². The molecule has 0 saturated carbocycles. The minimum Gasteiger partial charge on any atom is -0.494 e. The van der Waals surface area contributed by atoms with Crippen LogP contribution in [0.15, 0.2) is 41.1 Å². The first-order valence-corrected chi connectivity index (χ1v) is 10.5. The number of rotatable bonds is 1. The van der Waals surface area contributed by atoms with Crippen molar-refractivity contribution < 1.29 is 13.9 Å². The maximum Gasteiger partial charge on any atom is 0.229 e. The molecule has 1 amide bonds. The molecule has 5 bridgehead atoms. The van der Waals surface area contributed by atoms with Gasteiger partial charge in [0.25, 0.3) is 0 Å². The third-order valence-electron chi connectivity index (χ3n) is 5.43. The van der Waals surface area contributed by atoms with Gasteiger partial charge in [0.05, 0.1) is 12.2 Å². The van der Waals surface area contributed by atoms with Crippen LogP contribution in [0, 0.1) is 0 Å². The molecule has 0 fully saturated rings. The van der Waals surface area contributed by atoms with Gasteiger partial charge in [-0.2, -0.15) is 0 Å². The van der Waals surface area contributed by atoms with Crippen LogP contribution in [0.1, 0.15) is 32.1 Å². The molecule has 3 aromatic heterocycles. The fraction of sp³-hybridized carbons (Fsp3) is 0.304. The average molecular weight is 417 g/mol. The lowest BCUT2D eigenvalue weighted by atomic mass is 10.1. The van der Waals surface area contributed by atoms with Crippen LogP contribution in [-0.4, -0.2) is 34.5 Å². The van der Waals surface area contributed by atoms with Crippen LogP contribution >= 0.6 is 0 Å². The summed E-state index contributed by atoms with van der Waals surface area (Å²) in [5.74, 6) is 2.38. The van der Waals surface area contributed by atoms with E-state index in [1.54, 1.807) is 12.4 Å². The molecule has 158 valence electrons. The van der Waals surface area contributed by atoms with Crippen molar-refractivity contribution in [2.75, 3.05) is 24.3 Å². The number of hydrogen-bond acceptors (Lipinski definition) is 7. The quantitative estimate of drug-likeness (QED) is 0.460. The van der Waals surface area contributed by atoms with Gasteiger partial charge in [0.15, 0.2) is 5.58 Å². The average Bonchev–Trinajstić information content (AvgIpc) is 3.20. The van der Waals surface area contributed by atoms with Crippen LogP contribution in [0.25, 0.3) is 33.3 Å². The van der Waals surface area contributed by atoms with Crippen molar-refractivity contribution >= 4 is 39.4 Å². The minimum atomic E-state index is -0.0401. The fourth-order valence-electron chi connectivity index (χ4n) is 3.82. The number of ether oxygens (including phenoxy) is 1. The Kier molecular flexibility index (Phi) is 5.11.